The summed E-state index contributed by atoms with van der Waals surface area (Å²) in [5.74, 6) is 1.15. The van der Waals surface area contributed by atoms with Crippen molar-refractivity contribution in [3.8, 4) is 10.6 Å². The molecule has 2 aliphatic rings. The molecule has 3 heterocycles. The molecule has 9 nitrogen and oxygen atoms in total. The van der Waals surface area contributed by atoms with Crippen molar-refractivity contribution in [1.82, 2.24) is 19.9 Å². The van der Waals surface area contributed by atoms with E-state index in [2.05, 4.69) is 36.4 Å². The minimum atomic E-state index is -1.01. The highest BCUT2D eigenvalue weighted by Crippen LogP contribution is 2.44. The van der Waals surface area contributed by atoms with Crippen molar-refractivity contribution in [2.75, 3.05) is 23.8 Å². The highest BCUT2D eigenvalue weighted by molar-refractivity contribution is 7.21. The lowest BCUT2D eigenvalue weighted by Gasteiger charge is -2.22. The summed E-state index contributed by atoms with van der Waals surface area (Å²) in [5.41, 5.74) is 3.59. The first-order valence-electron chi connectivity index (χ1n) is 12.3. The van der Waals surface area contributed by atoms with Gasteiger partial charge in [-0.15, -0.1) is 23.7 Å². The van der Waals surface area contributed by atoms with Gasteiger partial charge in [0.2, 0.25) is 5.95 Å². The Balaban J connectivity index is 0.00000304. The zero-order valence-electron chi connectivity index (χ0n) is 21.0. The molecule has 0 amide bonds. The van der Waals surface area contributed by atoms with Crippen LogP contribution in [0.15, 0.2) is 12.3 Å². The Kier molecular flexibility index (Phi) is 7.73. The van der Waals surface area contributed by atoms with Gasteiger partial charge in [-0.05, 0) is 37.7 Å². The van der Waals surface area contributed by atoms with Crippen LogP contribution in [0.3, 0.4) is 0 Å². The molecule has 2 aliphatic carbocycles. The van der Waals surface area contributed by atoms with Gasteiger partial charge in [0, 0.05) is 31.2 Å². The van der Waals surface area contributed by atoms with Crippen LogP contribution in [0, 0.1) is 18.3 Å². The monoisotopic (exact) mass is 534 g/mol. The molecule has 0 aliphatic heterocycles. The molecule has 196 valence electrons. The van der Waals surface area contributed by atoms with Gasteiger partial charge in [-0.2, -0.15) is 4.98 Å². The van der Waals surface area contributed by atoms with Gasteiger partial charge in [0.1, 0.15) is 22.4 Å². The SMILES string of the molecule is Cc1nc(NCC(C)(C)C)nc(N[C@@H]2C[C@H](CO)[C@@H](O)[C@H]2O)c1-c1nc2c(C3CC3)nccc2s1.Cl. The molecule has 4 atom stereocenters. The van der Waals surface area contributed by atoms with Gasteiger partial charge in [0.05, 0.1) is 33.8 Å². The lowest BCUT2D eigenvalue weighted by Crippen LogP contribution is -2.36. The maximum absolute atomic E-state index is 10.6. The number of aliphatic hydroxyl groups excluding tert-OH is 3. The Morgan fingerprint density at radius 2 is 1.86 bits per heavy atom. The van der Waals surface area contributed by atoms with Crippen molar-refractivity contribution >= 4 is 45.7 Å². The first kappa shape index (κ1) is 26.9. The van der Waals surface area contributed by atoms with E-state index in [1.165, 1.54) is 0 Å². The van der Waals surface area contributed by atoms with Crippen LogP contribution in [0.1, 0.15) is 57.3 Å². The predicted octanol–water partition coefficient (Wildman–Crippen LogP) is 3.73. The number of hydrogen-bond donors (Lipinski definition) is 5. The standard InChI is InChI=1S/C25H34N6O3S.ClH/c1-12-17(23-30-19-16(35-23)7-8-26-18(19)13-5-6-13)22(31-24(28-12)27-11-25(2,3)4)29-15-9-14(10-32)20(33)21(15)34;/h7-8,13-15,20-21,32-34H,5-6,9-11H2,1-4H3,(H2,27,28,29,31);1H/t14-,15-,20-,21+;/m1./s1. The molecule has 0 radical (unpaired) electrons. The number of halogens is 1. The van der Waals surface area contributed by atoms with E-state index in [0.717, 1.165) is 45.0 Å². The average Bonchev–Trinajstić information content (AvgIpc) is 3.50. The number of nitrogens with one attached hydrogen (secondary N) is 2. The fourth-order valence-electron chi connectivity index (χ4n) is 4.62. The van der Waals surface area contributed by atoms with Crippen LogP contribution in [0.2, 0.25) is 0 Å². The number of pyridine rings is 1. The molecule has 0 spiro atoms. The number of anilines is 2. The molecular formula is C25H35ClN6O3S. The van der Waals surface area contributed by atoms with Gasteiger partial charge in [0.15, 0.2) is 0 Å². The summed E-state index contributed by atoms with van der Waals surface area (Å²) in [4.78, 5) is 19.1. The van der Waals surface area contributed by atoms with Gasteiger partial charge in [-0.25, -0.2) is 9.97 Å². The third kappa shape index (κ3) is 5.43. The van der Waals surface area contributed by atoms with Gasteiger partial charge in [0.25, 0.3) is 0 Å². The second-order valence-electron chi connectivity index (χ2n) is 11.0. The highest BCUT2D eigenvalue weighted by Gasteiger charge is 2.41. The van der Waals surface area contributed by atoms with Crippen LogP contribution in [-0.2, 0) is 0 Å². The summed E-state index contributed by atoms with van der Waals surface area (Å²) in [6.45, 7) is 8.86. The summed E-state index contributed by atoms with van der Waals surface area (Å²) in [7, 11) is 0. The molecule has 0 unspecified atom stereocenters. The van der Waals surface area contributed by atoms with E-state index in [1.807, 2.05) is 19.2 Å². The molecule has 36 heavy (non-hydrogen) atoms. The predicted molar refractivity (Wildman–Crippen MR) is 145 cm³/mol. The third-order valence-corrected chi connectivity index (χ3v) is 7.78. The Labute approximate surface area is 221 Å². The molecule has 3 aromatic heterocycles. The fraction of sp³-hybridized carbons (Fsp3) is 0.600. The van der Waals surface area contributed by atoms with Crippen LogP contribution in [0.5, 0.6) is 0 Å². The van der Waals surface area contributed by atoms with E-state index in [9.17, 15) is 15.3 Å². The minimum Gasteiger partial charge on any atom is -0.396 e. The third-order valence-electron chi connectivity index (χ3n) is 6.74. The molecule has 11 heteroatoms. The maximum atomic E-state index is 10.6. The topological polar surface area (TPSA) is 136 Å². The number of aryl methyl sites for hydroxylation is 1. The van der Waals surface area contributed by atoms with Gasteiger partial charge < -0.3 is 26.0 Å². The summed E-state index contributed by atoms with van der Waals surface area (Å²) < 4.78 is 1.08. The second kappa shape index (κ2) is 10.3. The highest BCUT2D eigenvalue weighted by atomic mass is 35.5. The molecule has 0 bridgehead atoms. The smallest absolute Gasteiger partial charge is 0.224 e. The number of aromatic nitrogens is 4. The van der Waals surface area contributed by atoms with E-state index in [0.29, 0.717) is 30.6 Å². The first-order valence-corrected chi connectivity index (χ1v) is 13.1. The molecule has 0 saturated heterocycles. The lowest BCUT2D eigenvalue weighted by atomic mass is 9.97. The molecule has 5 N–H and O–H groups in total. The largest absolute Gasteiger partial charge is 0.396 e. The van der Waals surface area contributed by atoms with Crippen LogP contribution in [0.25, 0.3) is 20.8 Å². The Morgan fingerprint density at radius 3 is 2.50 bits per heavy atom. The molecular weight excluding hydrogens is 500 g/mol. The van der Waals surface area contributed by atoms with Gasteiger partial charge in [-0.3, -0.25) is 4.98 Å². The van der Waals surface area contributed by atoms with Gasteiger partial charge in [-0.1, -0.05) is 20.8 Å². The van der Waals surface area contributed by atoms with Gasteiger partial charge >= 0.3 is 0 Å². The van der Waals surface area contributed by atoms with Crippen LogP contribution < -0.4 is 10.6 Å². The van der Waals surface area contributed by atoms with E-state index in [4.69, 9.17) is 15.0 Å². The van der Waals surface area contributed by atoms with Crippen molar-refractivity contribution in [1.29, 1.82) is 0 Å². The molecule has 3 aromatic rings. The van der Waals surface area contributed by atoms with Crippen molar-refractivity contribution in [2.45, 2.75) is 71.1 Å². The maximum Gasteiger partial charge on any atom is 0.224 e. The molecule has 2 fully saturated rings. The normalized spacial score (nSPS) is 24.1. The van der Waals surface area contributed by atoms with E-state index >= 15 is 0 Å². The Bertz CT molecular complexity index is 1230. The fourth-order valence-corrected chi connectivity index (χ4v) is 5.69. The number of nitrogens with zero attached hydrogens (tertiary/aromatic N) is 4. The number of aliphatic hydroxyl groups is 3. The van der Waals surface area contributed by atoms with Crippen molar-refractivity contribution < 1.29 is 15.3 Å². The van der Waals surface area contributed by atoms with E-state index in [-0.39, 0.29) is 30.3 Å². The van der Waals surface area contributed by atoms with Crippen molar-refractivity contribution in [2.24, 2.45) is 11.3 Å². The van der Waals surface area contributed by atoms with Crippen LogP contribution >= 0.6 is 23.7 Å². The van der Waals surface area contributed by atoms with Crippen molar-refractivity contribution in [3.05, 3.63) is 23.7 Å². The van der Waals surface area contributed by atoms with Crippen LogP contribution in [0.4, 0.5) is 11.8 Å². The molecule has 2 saturated carbocycles. The quantitative estimate of drug-likeness (QED) is 0.307. The number of thiazole rings is 1. The number of rotatable bonds is 7. The summed E-state index contributed by atoms with van der Waals surface area (Å²) in [6.07, 6.45) is 2.58. The number of hydrogen-bond acceptors (Lipinski definition) is 10. The van der Waals surface area contributed by atoms with Crippen molar-refractivity contribution in [3.63, 3.8) is 0 Å². The Hall–Kier alpha value is -2.11. The number of fused-ring (bicyclic) bond motifs is 1. The minimum absolute atomic E-state index is 0. The molecule has 0 aromatic carbocycles. The summed E-state index contributed by atoms with van der Waals surface area (Å²) in [6, 6.07) is 1.54. The summed E-state index contributed by atoms with van der Waals surface area (Å²) >= 11 is 1.58. The zero-order valence-corrected chi connectivity index (χ0v) is 22.7. The summed E-state index contributed by atoms with van der Waals surface area (Å²) in [5, 5.41) is 38.1. The second-order valence-corrected chi connectivity index (χ2v) is 12.0. The van der Waals surface area contributed by atoms with Crippen LogP contribution in [-0.4, -0.2) is 66.7 Å². The Morgan fingerprint density at radius 1 is 1.11 bits per heavy atom. The van der Waals surface area contributed by atoms with E-state index in [1.54, 1.807) is 11.3 Å². The lowest BCUT2D eigenvalue weighted by molar-refractivity contribution is 0.00446. The zero-order chi connectivity index (χ0) is 24.9. The van der Waals surface area contributed by atoms with E-state index < -0.39 is 18.2 Å². The molecule has 5 rings (SSSR count). The first-order chi connectivity index (χ1) is 16.6. The average molecular weight is 535 g/mol.